The Bertz CT molecular complexity index is 925. The molecule has 0 aromatic carbocycles. The first kappa shape index (κ1) is 21.3. The molecule has 1 amide bonds. The molecule has 1 saturated heterocycles. The normalized spacial score (nSPS) is 20.3. The number of thioether (sulfide) groups is 1. The molecule has 0 bridgehead atoms. The van der Waals surface area contributed by atoms with Gasteiger partial charge >= 0.3 is 0 Å². The molecule has 0 radical (unpaired) electrons. The minimum Gasteiger partial charge on any atom is -0.372 e. The maximum atomic E-state index is 13.2. The Hall–Kier alpha value is -1.38. The van der Waals surface area contributed by atoms with Crippen LogP contribution in [-0.4, -0.2) is 51.4 Å². The first-order chi connectivity index (χ1) is 13.2. The number of hydrogen-bond donors (Lipinski definition) is 0. The zero-order valence-electron chi connectivity index (χ0n) is 17.4. The van der Waals surface area contributed by atoms with Crippen LogP contribution in [0.2, 0.25) is 0 Å². The van der Waals surface area contributed by atoms with Crippen molar-refractivity contribution in [3.63, 3.8) is 0 Å². The smallest absolute Gasteiger partial charge is 0.263 e. The van der Waals surface area contributed by atoms with Gasteiger partial charge in [0, 0.05) is 24.5 Å². The molecule has 0 unspecified atom stereocenters. The first-order valence-electron chi connectivity index (χ1n) is 9.74. The minimum atomic E-state index is 0.00381. The average molecular weight is 424 g/mol. The van der Waals surface area contributed by atoms with Crippen molar-refractivity contribution in [2.75, 3.05) is 18.8 Å². The van der Waals surface area contributed by atoms with Crippen molar-refractivity contribution in [3.05, 3.63) is 20.8 Å². The van der Waals surface area contributed by atoms with E-state index in [0.717, 1.165) is 20.7 Å². The SMILES string of the molecule is Cc1sc2nc(SCC(=O)N3C[C@@H](C)O[C@H](C)C3)n(CC(C)C)c(=O)c2c1C. The summed E-state index contributed by atoms with van der Waals surface area (Å²) in [5.41, 5.74) is 1.02. The van der Waals surface area contributed by atoms with Crippen LogP contribution in [0.3, 0.4) is 0 Å². The quantitative estimate of drug-likeness (QED) is 0.544. The summed E-state index contributed by atoms with van der Waals surface area (Å²) < 4.78 is 7.46. The summed E-state index contributed by atoms with van der Waals surface area (Å²) >= 11 is 2.91. The van der Waals surface area contributed by atoms with Gasteiger partial charge in [-0.15, -0.1) is 11.3 Å². The lowest BCUT2D eigenvalue weighted by molar-refractivity contribution is -0.140. The highest BCUT2D eigenvalue weighted by atomic mass is 32.2. The molecule has 1 aliphatic rings. The van der Waals surface area contributed by atoms with E-state index < -0.39 is 0 Å². The van der Waals surface area contributed by atoms with Crippen LogP contribution in [0.5, 0.6) is 0 Å². The Kier molecular flexibility index (Phi) is 6.51. The van der Waals surface area contributed by atoms with E-state index in [1.807, 2.05) is 32.6 Å². The van der Waals surface area contributed by atoms with Crippen LogP contribution in [0.4, 0.5) is 0 Å². The molecule has 8 heteroatoms. The van der Waals surface area contributed by atoms with Gasteiger partial charge in [-0.2, -0.15) is 0 Å². The number of aromatic nitrogens is 2. The maximum absolute atomic E-state index is 13.2. The van der Waals surface area contributed by atoms with Gasteiger partial charge in [0.2, 0.25) is 5.91 Å². The molecule has 1 aliphatic heterocycles. The molecule has 2 atom stereocenters. The number of thiophene rings is 1. The van der Waals surface area contributed by atoms with Crippen molar-refractivity contribution in [2.45, 2.75) is 65.5 Å². The zero-order valence-corrected chi connectivity index (χ0v) is 19.1. The number of aryl methyl sites for hydroxylation is 2. The minimum absolute atomic E-state index is 0.00381. The number of nitrogens with zero attached hydrogens (tertiary/aromatic N) is 3. The van der Waals surface area contributed by atoms with Gasteiger partial charge in [-0.05, 0) is 39.2 Å². The Morgan fingerprint density at radius 2 is 1.93 bits per heavy atom. The molecule has 0 spiro atoms. The van der Waals surface area contributed by atoms with E-state index >= 15 is 0 Å². The number of morpholine rings is 1. The fraction of sp³-hybridized carbons (Fsp3) is 0.650. The average Bonchev–Trinajstić information content (AvgIpc) is 2.88. The summed E-state index contributed by atoms with van der Waals surface area (Å²) in [6.45, 7) is 13.9. The molecule has 2 aromatic heterocycles. The topological polar surface area (TPSA) is 64.4 Å². The number of rotatable bonds is 5. The van der Waals surface area contributed by atoms with Crippen molar-refractivity contribution in [3.8, 4) is 0 Å². The van der Waals surface area contributed by atoms with Crippen LogP contribution in [-0.2, 0) is 16.1 Å². The molecule has 0 N–H and O–H groups in total. The van der Waals surface area contributed by atoms with Crippen molar-refractivity contribution in [2.24, 2.45) is 5.92 Å². The third-order valence-corrected chi connectivity index (χ3v) is 6.96. The first-order valence-corrected chi connectivity index (χ1v) is 11.5. The van der Waals surface area contributed by atoms with Gasteiger partial charge in [-0.3, -0.25) is 14.2 Å². The Morgan fingerprint density at radius 3 is 2.54 bits per heavy atom. The number of ether oxygens (including phenoxy) is 1. The lowest BCUT2D eigenvalue weighted by atomic mass is 10.2. The molecule has 28 heavy (non-hydrogen) atoms. The van der Waals surface area contributed by atoms with Gasteiger partial charge in [-0.1, -0.05) is 25.6 Å². The van der Waals surface area contributed by atoms with Crippen molar-refractivity contribution < 1.29 is 9.53 Å². The molecule has 2 aromatic rings. The third-order valence-electron chi connectivity index (χ3n) is 4.90. The third kappa shape index (κ3) is 4.44. The number of hydrogen-bond acceptors (Lipinski definition) is 6. The second-order valence-electron chi connectivity index (χ2n) is 8.01. The van der Waals surface area contributed by atoms with Crippen LogP contribution in [0.15, 0.2) is 9.95 Å². The standard InChI is InChI=1S/C20H29N3O3S2/c1-11(2)7-23-19(25)17-14(5)15(6)28-18(17)21-20(23)27-10-16(24)22-8-12(3)26-13(4)9-22/h11-13H,7-10H2,1-6H3/t12-,13-/m1/s1. The number of carbonyl (C=O) groups excluding carboxylic acids is 1. The van der Waals surface area contributed by atoms with E-state index in [1.54, 1.807) is 15.9 Å². The van der Waals surface area contributed by atoms with E-state index in [0.29, 0.717) is 30.7 Å². The van der Waals surface area contributed by atoms with Gasteiger partial charge in [0.05, 0.1) is 23.3 Å². The molecule has 1 fully saturated rings. The van der Waals surface area contributed by atoms with Crippen LogP contribution in [0.1, 0.15) is 38.1 Å². The van der Waals surface area contributed by atoms with Crippen LogP contribution >= 0.6 is 23.1 Å². The van der Waals surface area contributed by atoms with E-state index in [1.165, 1.54) is 11.8 Å². The van der Waals surface area contributed by atoms with Crippen LogP contribution in [0.25, 0.3) is 10.2 Å². The highest BCUT2D eigenvalue weighted by Gasteiger charge is 2.26. The molecule has 0 aliphatic carbocycles. The lowest BCUT2D eigenvalue weighted by Crippen LogP contribution is -2.48. The zero-order chi connectivity index (χ0) is 20.6. The van der Waals surface area contributed by atoms with Crippen LogP contribution < -0.4 is 5.56 Å². The van der Waals surface area contributed by atoms with E-state index in [9.17, 15) is 9.59 Å². The summed E-state index contributed by atoms with van der Waals surface area (Å²) in [7, 11) is 0. The van der Waals surface area contributed by atoms with E-state index in [-0.39, 0.29) is 29.4 Å². The molecule has 0 saturated carbocycles. The predicted molar refractivity (Wildman–Crippen MR) is 116 cm³/mol. The fourth-order valence-corrected chi connectivity index (χ4v) is 5.53. The van der Waals surface area contributed by atoms with E-state index in [4.69, 9.17) is 9.72 Å². The Balaban J connectivity index is 1.87. The molecule has 3 rings (SSSR count). The number of fused-ring (bicyclic) bond motifs is 1. The summed E-state index contributed by atoms with van der Waals surface area (Å²) in [6, 6.07) is 0. The summed E-state index contributed by atoms with van der Waals surface area (Å²) in [6.07, 6.45) is 0.0896. The monoisotopic (exact) mass is 423 g/mol. The second-order valence-corrected chi connectivity index (χ2v) is 10.2. The van der Waals surface area contributed by atoms with Gasteiger partial charge in [0.1, 0.15) is 4.83 Å². The molecular weight excluding hydrogens is 394 g/mol. The summed E-state index contributed by atoms with van der Waals surface area (Å²) in [5.74, 6) is 0.655. The van der Waals surface area contributed by atoms with Gasteiger partial charge in [-0.25, -0.2) is 4.98 Å². The molecule has 3 heterocycles. The number of carbonyl (C=O) groups is 1. The highest BCUT2D eigenvalue weighted by molar-refractivity contribution is 7.99. The van der Waals surface area contributed by atoms with Gasteiger partial charge < -0.3 is 9.64 Å². The summed E-state index contributed by atoms with van der Waals surface area (Å²) in [5, 5.41) is 1.35. The summed E-state index contributed by atoms with van der Waals surface area (Å²) in [4.78, 5) is 34.4. The number of amides is 1. The second kappa shape index (κ2) is 8.55. The van der Waals surface area contributed by atoms with Crippen molar-refractivity contribution in [1.82, 2.24) is 14.5 Å². The molecule has 6 nitrogen and oxygen atoms in total. The van der Waals surface area contributed by atoms with Crippen LogP contribution in [0, 0.1) is 19.8 Å². The predicted octanol–water partition coefficient (Wildman–Crippen LogP) is 3.46. The largest absolute Gasteiger partial charge is 0.372 e. The van der Waals surface area contributed by atoms with Gasteiger partial charge in [0.15, 0.2) is 5.16 Å². The van der Waals surface area contributed by atoms with Gasteiger partial charge in [0.25, 0.3) is 5.56 Å². The lowest BCUT2D eigenvalue weighted by Gasteiger charge is -2.35. The molecule has 154 valence electrons. The fourth-order valence-electron chi connectivity index (χ4n) is 3.54. The Morgan fingerprint density at radius 1 is 1.29 bits per heavy atom. The van der Waals surface area contributed by atoms with Crippen molar-refractivity contribution in [1.29, 1.82) is 0 Å². The Labute approximate surface area is 174 Å². The maximum Gasteiger partial charge on any atom is 0.263 e. The highest BCUT2D eigenvalue weighted by Crippen LogP contribution is 2.29. The molecular formula is C20H29N3O3S2. The van der Waals surface area contributed by atoms with E-state index in [2.05, 4.69) is 13.8 Å². The van der Waals surface area contributed by atoms with Crippen molar-refractivity contribution >= 4 is 39.2 Å².